The van der Waals surface area contributed by atoms with Gasteiger partial charge in [0, 0.05) is 25.4 Å². The minimum Gasteiger partial charge on any atom is -0.469 e. The zero-order valence-corrected chi connectivity index (χ0v) is 12.0. The molecular formula is C15H19NO2S. The molecule has 1 aromatic rings. The van der Waals surface area contributed by atoms with Gasteiger partial charge in [0.2, 0.25) is 0 Å². The van der Waals surface area contributed by atoms with Gasteiger partial charge < -0.3 is 4.74 Å². The summed E-state index contributed by atoms with van der Waals surface area (Å²) in [6.07, 6.45) is 0. The lowest BCUT2D eigenvalue weighted by molar-refractivity contribution is -0.152. The molecule has 3 rings (SSSR count). The summed E-state index contributed by atoms with van der Waals surface area (Å²) in [7, 11) is 1.51. The summed E-state index contributed by atoms with van der Waals surface area (Å²) >= 11 is 1.89. The van der Waals surface area contributed by atoms with Gasteiger partial charge in [0.15, 0.2) is 0 Å². The highest BCUT2D eigenvalue weighted by Crippen LogP contribution is 2.47. The second-order valence-electron chi connectivity index (χ2n) is 5.51. The Labute approximate surface area is 118 Å². The van der Waals surface area contributed by atoms with Crippen LogP contribution >= 0.6 is 11.8 Å². The maximum Gasteiger partial charge on any atom is 0.314 e. The number of methoxy groups -OCH3 is 1. The topological polar surface area (TPSA) is 29.5 Å². The van der Waals surface area contributed by atoms with Crippen molar-refractivity contribution in [1.29, 1.82) is 0 Å². The second kappa shape index (κ2) is 5.17. The van der Waals surface area contributed by atoms with Gasteiger partial charge in [-0.25, -0.2) is 0 Å². The molecule has 0 unspecified atom stereocenters. The summed E-state index contributed by atoms with van der Waals surface area (Å²) in [6.45, 7) is 2.78. The molecule has 0 bridgehead atoms. The van der Waals surface area contributed by atoms with Crippen LogP contribution in [0.15, 0.2) is 30.3 Å². The number of thioether (sulfide) groups is 1. The van der Waals surface area contributed by atoms with Crippen molar-refractivity contribution in [3.63, 3.8) is 0 Å². The molecule has 0 aliphatic carbocycles. The summed E-state index contributed by atoms with van der Waals surface area (Å²) in [5.41, 5.74) is 1.06. The van der Waals surface area contributed by atoms with Crippen molar-refractivity contribution in [2.45, 2.75) is 6.54 Å². The minimum atomic E-state index is -0.256. The molecule has 0 aromatic heterocycles. The predicted molar refractivity (Wildman–Crippen MR) is 77.0 cm³/mol. The lowest BCUT2D eigenvalue weighted by Crippen LogP contribution is -2.39. The number of likely N-dealkylation sites (tertiary alicyclic amines) is 1. The van der Waals surface area contributed by atoms with Crippen LogP contribution in [0, 0.1) is 11.3 Å². The van der Waals surface area contributed by atoms with Crippen molar-refractivity contribution in [3.8, 4) is 0 Å². The molecule has 2 heterocycles. The Morgan fingerprint density at radius 1 is 1.47 bits per heavy atom. The smallest absolute Gasteiger partial charge is 0.314 e. The lowest BCUT2D eigenvalue weighted by Gasteiger charge is -2.24. The van der Waals surface area contributed by atoms with Gasteiger partial charge >= 0.3 is 5.97 Å². The number of carbonyl (C=O) groups excluding carboxylic acids is 1. The van der Waals surface area contributed by atoms with E-state index in [0.717, 1.165) is 31.1 Å². The Bertz CT molecular complexity index is 464. The maximum absolute atomic E-state index is 12.2. The molecule has 2 saturated heterocycles. The molecular weight excluding hydrogens is 258 g/mol. The van der Waals surface area contributed by atoms with Crippen molar-refractivity contribution >= 4 is 17.7 Å². The van der Waals surface area contributed by atoms with E-state index in [0.29, 0.717) is 5.92 Å². The van der Waals surface area contributed by atoms with Crippen LogP contribution in [0.2, 0.25) is 0 Å². The molecule has 0 N–H and O–H groups in total. The summed E-state index contributed by atoms with van der Waals surface area (Å²) in [4.78, 5) is 14.6. The Balaban J connectivity index is 1.73. The first-order chi connectivity index (χ1) is 9.24. The van der Waals surface area contributed by atoms with Crippen LogP contribution in [-0.2, 0) is 16.1 Å². The Kier molecular flexibility index (Phi) is 3.54. The van der Waals surface area contributed by atoms with E-state index in [4.69, 9.17) is 4.74 Å². The SMILES string of the molecule is COC(=O)[C@]12CSC[C@H]1CN(Cc1ccccc1)C2. The summed E-state index contributed by atoms with van der Waals surface area (Å²) in [5.74, 6) is 2.43. The van der Waals surface area contributed by atoms with Crippen molar-refractivity contribution in [2.75, 3.05) is 31.7 Å². The van der Waals surface area contributed by atoms with Crippen molar-refractivity contribution in [2.24, 2.45) is 11.3 Å². The van der Waals surface area contributed by atoms with E-state index in [1.807, 2.05) is 17.8 Å². The molecule has 2 aliphatic heterocycles. The summed E-state index contributed by atoms with van der Waals surface area (Å²) in [6, 6.07) is 10.5. The largest absolute Gasteiger partial charge is 0.469 e. The van der Waals surface area contributed by atoms with E-state index in [2.05, 4.69) is 29.2 Å². The fourth-order valence-corrected chi connectivity index (χ4v) is 4.93. The third kappa shape index (κ3) is 2.28. The standard InChI is InChI=1S/C15H19NO2S/c1-18-14(17)15-10-16(8-13(15)9-19-11-15)7-12-5-3-2-4-6-12/h2-6,13H,7-11H2,1H3/t13-,15-/m1/s1. The summed E-state index contributed by atoms with van der Waals surface area (Å²) < 4.78 is 5.06. The van der Waals surface area contributed by atoms with Crippen molar-refractivity contribution in [3.05, 3.63) is 35.9 Å². The van der Waals surface area contributed by atoms with E-state index in [-0.39, 0.29) is 11.4 Å². The first kappa shape index (κ1) is 13.0. The Hall–Kier alpha value is -1.00. The fraction of sp³-hybridized carbons (Fsp3) is 0.533. The van der Waals surface area contributed by atoms with Gasteiger partial charge in [-0.2, -0.15) is 11.8 Å². The van der Waals surface area contributed by atoms with Gasteiger partial charge in [-0.3, -0.25) is 9.69 Å². The number of benzene rings is 1. The monoisotopic (exact) mass is 277 g/mol. The highest BCUT2D eigenvalue weighted by Gasteiger charge is 2.55. The molecule has 2 fully saturated rings. The summed E-state index contributed by atoms with van der Waals surface area (Å²) in [5, 5.41) is 0. The van der Waals surface area contributed by atoms with Crippen LogP contribution in [0.4, 0.5) is 0 Å². The van der Waals surface area contributed by atoms with Gasteiger partial charge in [0.25, 0.3) is 0 Å². The van der Waals surface area contributed by atoms with Gasteiger partial charge in [0.05, 0.1) is 12.5 Å². The van der Waals surface area contributed by atoms with Gasteiger partial charge in [-0.1, -0.05) is 30.3 Å². The number of fused-ring (bicyclic) bond motifs is 1. The molecule has 0 amide bonds. The van der Waals surface area contributed by atoms with E-state index >= 15 is 0 Å². The third-order valence-corrected chi connectivity index (χ3v) is 5.64. The molecule has 19 heavy (non-hydrogen) atoms. The molecule has 0 spiro atoms. The molecule has 1 aromatic carbocycles. The second-order valence-corrected chi connectivity index (χ2v) is 6.55. The minimum absolute atomic E-state index is 0.0157. The maximum atomic E-state index is 12.2. The van der Waals surface area contributed by atoms with E-state index in [1.54, 1.807) is 0 Å². The normalized spacial score (nSPS) is 30.3. The zero-order chi connectivity index (χ0) is 13.3. The molecule has 0 saturated carbocycles. The average Bonchev–Trinajstić information content (AvgIpc) is 2.96. The van der Waals surface area contributed by atoms with Crippen molar-refractivity contribution in [1.82, 2.24) is 4.90 Å². The lowest BCUT2D eigenvalue weighted by atomic mass is 9.81. The van der Waals surface area contributed by atoms with Gasteiger partial charge in [0.1, 0.15) is 0 Å². The molecule has 2 atom stereocenters. The number of rotatable bonds is 3. The first-order valence-corrected chi connectivity index (χ1v) is 7.82. The number of carbonyl (C=O) groups is 1. The van der Waals surface area contributed by atoms with E-state index in [1.165, 1.54) is 12.7 Å². The molecule has 3 nitrogen and oxygen atoms in total. The Morgan fingerprint density at radius 2 is 2.26 bits per heavy atom. The zero-order valence-electron chi connectivity index (χ0n) is 11.2. The number of ether oxygens (including phenoxy) is 1. The highest BCUT2D eigenvalue weighted by atomic mass is 32.2. The van der Waals surface area contributed by atoms with Crippen LogP contribution in [0.1, 0.15) is 5.56 Å². The number of esters is 1. The van der Waals surface area contributed by atoms with Crippen LogP contribution in [0.25, 0.3) is 0 Å². The number of hydrogen-bond donors (Lipinski definition) is 0. The molecule has 102 valence electrons. The van der Waals surface area contributed by atoms with E-state index in [9.17, 15) is 4.79 Å². The van der Waals surface area contributed by atoms with E-state index < -0.39 is 0 Å². The molecule has 4 heteroatoms. The van der Waals surface area contributed by atoms with Crippen molar-refractivity contribution < 1.29 is 9.53 Å². The average molecular weight is 277 g/mol. The Morgan fingerprint density at radius 3 is 3.00 bits per heavy atom. The van der Waals surface area contributed by atoms with Gasteiger partial charge in [-0.15, -0.1) is 0 Å². The number of hydrogen-bond acceptors (Lipinski definition) is 4. The molecule has 0 radical (unpaired) electrons. The fourth-order valence-electron chi connectivity index (χ4n) is 3.29. The van der Waals surface area contributed by atoms with Crippen LogP contribution < -0.4 is 0 Å². The quantitative estimate of drug-likeness (QED) is 0.791. The third-order valence-electron chi connectivity index (χ3n) is 4.29. The van der Waals surface area contributed by atoms with Crippen LogP contribution in [0.5, 0.6) is 0 Å². The highest BCUT2D eigenvalue weighted by molar-refractivity contribution is 7.99. The number of nitrogens with zero attached hydrogens (tertiary/aromatic N) is 1. The van der Waals surface area contributed by atoms with Crippen LogP contribution in [-0.4, -0.2) is 42.6 Å². The van der Waals surface area contributed by atoms with Gasteiger partial charge in [-0.05, 0) is 17.2 Å². The molecule has 2 aliphatic rings. The van der Waals surface area contributed by atoms with Crippen LogP contribution in [0.3, 0.4) is 0 Å². The first-order valence-electron chi connectivity index (χ1n) is 6.67. The predicted octanol–water partition coefficient (Wildman–Crippen LogP) is 2.02.